The van der Waals surface area contributed by atoms with Gasteiger partial charge in [-0.3, -0.25) is 14.9 Å². The van der Waals surface area contributed by atoms with E-state index in [1.54, 1.807) is 18.6 Å². The van der Waals surface area contributed by atoms with E-state index in [0.717, 1.165) is 35.0 Å². The first-order valence-corrected chi connectivity index (χ1v) is 8.97. The maximum absolute atomic E-state index is 13.1. The highest BCUT2D eigenvalue weighted by atomic mass is 16.2. The summed E-state index contributed by atoms with van der Waals surface area (Å²) in [5.74, 6) is 0.00390. The van der Waals surface area contributed by atoms with Gasteiger partial charge in [-0.15, -0.1) is 0 Å². The number of aromatic nitrogens is 5. The zero-order valence-electron chi connectivity index (χ0n) is 14.6. The van der Waals surface area contributed by atoms with Gasteiger partial charge in [0.25, 0.3) is 5.91 Å². The van der Waals surface area contributed by atoms with E-state index in [4.69, 9.17) is 0 Å². The van der Waals surface area contributed by atoms with Crippen LogP contribution in [0.4, 0.5) is 0 Å². The van der Waals surface area contributed by atoms with Crippen LogP contribution < -0.4 is 0 Å². The highest BCUT2D eigenvalue weighted by Crippen LogP contribution is 2.30. The first-order chi connectivity index (χ1) is 13.3. The molecule has 1 aliphatic carbocycles. The van der Waals surface area contributed by atoms with E-state index < -0.39 is 0 Å². The van der Waals surface area contributed by atoms with E-state index in [1.165, 1.54) is 0 Å². The fourth-order valence-corrected chi connectivity index (χ4v) is 3.27. The number of hydrogen-bond acceptors (Lipinski definition) is 4. The van der Waals surface area contributed by atoms with Crippen LogP contribution in [-0.4, -0.2) is 42.0 Å². The quantitative estimate of drug-likeness (QED) is 0.573. The highest BCUT2D eigenvalue weighted by molar-refractivity contribution is 5.97. The van der Waals surface area contributed by atoms with Crippen molar-refractivity contribution in [2.75, 3.05) is 0 Å². The Morgan fingerprint density at radius 1 is 1.22 bits per heavy atom. The lowest BCUT2D eigenvalue weighted by Gasteiger charge is -2.21. The molecule has 1 fully saturated rings. The standard InChI is InChI=1S/C20H18N6O/c27-20(26(16-4-5-16)12-13-2-1-7-21-9-13)18-8-14-3-6-17(24-19(14)25-18)15-10-22-23-11-15/h1-3,6-11,16H,4-5,12H2,(H,22,23)(H,24,25). The zero-order chi connectivity index (χ0) is 18.2. The number of amides is 1. The molecule has 1 amide bonds. The fourth-order valence-electron chi connectivity index (χ4n) is 3.27. The van der Waals surface area contributed by atoms with Gasteiger partial charge in [0, 0.05) is 42.1 Å². The highest BCUT2D eigenvalue weighted by Gasteiger charge is 2.33. The largest absolute Gasteiger partial charge is 0.335 e. The first kappa shape index (κ1) is 15.7. The second-order valence-electron chi connectivity index (χ2n) is 6.83. The molecule has 0 aromatic carbocycles. The number of rotatable bonds is 5. The summed E-state index contributed by atoms with van der Waals surface area (Å²) in [6.45, 7) is 0.570. The van der Waals surface area contributed by atoms with Crippen molar-refractivity contribution in [1.82, 2.24) is 30.0 Å². The van der Waals surface area contributed by atoms with Crippen molar-refractivity contribution < 1.29 is 4.79 Å². The van der Waals surface area contributed by atoms with Crippen LogP contribution in [0.15, 0.2) is 55.1 Å². The van der Waals surface area contributed by atoms with Crippen molar-refractivity contribution in [3.8, 4) is 11.3 Å². The van der Waals surface area contributed by atoms with Gasteiger partial charge >= 0.3 is 0 Å². The molecule has 27 heavy (non-hydrogen) atoms. The third kappa shape index (κ3) is 3.08. The number of nitrogens with one attached hydrogen (secondary N) is 2. The summed E-state index contributed by atoms with van der Waals surface area (Å²) in [5.41, 5.74) is 4.03. The van der Waals surface area contributed by atoms with Crippen LogP contribution in [0.5, 0.6) is 0 Å². The first-order valence-electron chi connectivity index (χ1n) is 8.97. The Bertz CT molecular complexity index is 1080. The lowest BCUT2D eigenvalue weighted by molar-refractivity contribution is 0.0724. The fraction of sp³-hybridized carbons (Fsp3) is 0.200. The molecule has 1 saturated carbocycles. The lowest BCUT2D eigenvalue weighted by Crippen LogP contribution is -2.32. The summed E-state index contributed by atoms with van der Waals surface area (Å²) in [6.07, 6.45) is 9.18. The predicted molar refractivity (Wildman–Crippen MR) is 101 cm³/mol. The number of aromatic amines is 2. The molecule has 4 heterocycles. The summed E-state index contributed by atoms with van der Waals surface area (Å²) < 4.78 is 0. The molecule has 2 N–H and O–H groups in total. The normalized spacial score (nSPS) is 13.8. The van der Waals surface area contributed by atoms with Crippen LogP contribution in [-0.2, 0) is 6.54 Å². The molecule has 0 aliphatic heterocycles. The molecule has 0 saturated heterocycles. The maximum atomic E-state index is 13.1. The van der Waals surface area contributed by atoms with Crippen LogP contribution in [0.3, 0.4) is 0 Å². The van der Waals surface area contributed by atoms with Gasteiger partial charge < -0.3 is 9.88 Å². The molecular formula is C20H18N6O. The summed E-state index contributed by atoms with van der Waals surface area (Å²) in [4.78, 5) is 27.1. The summed E-state index contributed by atoms with van der Waals surface area (Å²) in [6, 6.07) is 9.99. The van der Waals surface area contributed by atoms with Crippen molar-refractivity contribution in [1.29, 1.82) is 0 Å². The van der Waals surface area contributed by atoms with Gasteiger partial charge in [-0.25, -0.2) is 4.98 Å². The minimum absolute atomic E-state index is 0.00390. The van der Waals surface area contributed by atoms with Crippen LogP contribution in [0.25, 0.3) is 22.3 Å². The van der Waals surface area contributed by atoms with Crippen molar-refractivity contribution in [3.63, 3.8) is 0 Å². The Kier molecular flexibility index (Phi) is 3.71. The number of fused-ring (bicyclic) bond motifs is 1. The third-order valence-electron chi connectivity index (χ3n) is 4.83. The molecule has 4 aromatic heterocycles. The van der Waals surface area contributed by atoms with Gasteiger partial charge in [0.15, 0.2) is 0 Å². The Balaban J connectivity index is 1.45. The average molecular weight is 358 g/mol. The summed E-state index contributed by atoms with van der Waals surface area (Å²) in [5, 5.41) is 7.67. The third-order valence-corrected chi connectivity index (χ3v) is 4.83. The monoisotopic (exact) mass is 358 g/mol. The Hall–Kier alpha value is -3.48. The SMILES string of the molecule is O=C(c1cc2ccc(-c3cn[nH]c3)nc2[nH]1)N(Cc1cccnc1)C1CC1. The van der Waals surface area contributed by atoms with Crippen LogP contribution in [0, 0.1) is 0 Å². The number of carbonyl (C=O) groups excluding carboxylic acids is 1. The Labute approximate surface area is 155 Å². The molecule has 7 nitrogen and oxygen atoms in total. The summed E-state index contributed by atoms with van der Waals surface area (Å²) >= 11 is 0. The van der Waals surface area contributed by atoms with E-state index in [-0.39, 0.29) is 5.91 Å². The van der Waals surface area contributed by atoms with Crippen molar-refractivity contribution in [3.05, 3.63) is 66.4 Å². The molecule has 0 bridgehead atoms. The van der Waals surface area contributed by atoms with Gasteiger partial charge in [0.2, 0.25) is 0 Å². The number of nitrogens with zero attached hydrogens (tertiary/aromatic N) is 4. The van der Waals surface area contributed by atoms with E-state index in [1.807, 2.05) is 41.4 Å². The van der Waals surface area contributed by atoms with Gasteiger partial charge in [0.05, 0.1) is 11.9 Å². The zero-order valence-corrected chi connectivity index (χ0v) is 14.6. The average Bonchev–Trinajstić information content (AvgIpc) is 3.22. The molecular weight excluding hydrogens is 340 g/mol. The van der Waals surface area contributed by atoms with E-state index in [2.05, 4.69) is 25.1 Å². The Morgan fingerprint density at radius 3 is 2.89 bits per heavy atom. The lowest BCUT2D eigenvalue weighted by atomic mass is 10.2. The molecule has 1 aliphatic rings. The van der Waals surface area contributed by atoms with Crippen LogP contribution in [0.2, 0.25) is 0 Å². The molecule has 5 rings (SSSR count). The van der Waals surface area contributed by atoms with Gasteiger partial charge in [0.1, 0.15) is 11.3 Å². The van der Waals surface area contributed by atoms with Crippen molar-refractivity contribution >= 4 is 16.9 Å². The molecule has 4 aromatic rings. The van der Waals surface area contributed by atoms with Gasteiger partial charge in [-0.1, -0.05) is 6.07 Å². The molecule has 134 valence electrons. The molecule has 0 unspecified atom stereocenters. The second-order valence-corrected chi connectivity index (χ2v) is 6.83. The number of carbonyl (C=O) groups is 1. The molecule has 0 radical (unpaired) electrons. The second kappa shape index (κ2) is 6.35. The smallest absolute Gasteiger partial charge is 0.270 e. The Morgan fingerprint density at radius 2 is 2.15 bits per heavy atom. The molecule has 0 spiro atoms. The van der Waals surface area contributed by atoms with E-state index in [9.17, 15) is 4.79 Å². The van der Waals surface area contributed by atoms with Crippen LogP contribution in [0.1, 0.15) is 28.9 Å². The number of hydrogen-bond donors (Lipinski definition) is 2. The number of pyridine rings is 2. The summed E-state index contributed by atoms with van der Waals surface area (Å²) in [7, 11) is 0. The van der Waals surface area contributed by atoms with Crippen LogP contribution >= 0.6 is 0 Å². The molecule has 7 heteroatoms. The minimum Gasteiger partial charge on any atom is -0.335 e. The number of H-pyrrole nitrogens is 2. The maximum Gasteiger partial charge on any atom is 0.270 e. The van der Waals surface area contributed by atoms with Crippen molar-refractivity contribution in [2.24, 2.45) is 0 Å². The molecule has 0 atom stereocenters. The predicted octanol–water partition coefficient (Wildman–Crippen LogP) is 3.15. The van der Waals surface area contributed by atoms with Gasteiger partial charge in [-0.05, 0) is 42.7 Å². The minimum atomic E-state index is 0.00390. The van der Waals surface area contributed by atoms with Crippen molar-refractivity contribution in [2.45, 2.75) is 25.4 Å². The van der Waals surface area contributed by atoms with E-state index >= 15 is 0 Å². The van der Waals surface area contributed by atoms with E-state index in [0.29, 0.717) is 23.9 Å². The topological polar surface area (TPSA) is 90.6 Å². The van der Waals surface area contributed by atoms with Gasteiger partial charge in [-0.2, -0.15) is 5.10 Å².